The molecule has 0 spiro atoms. The fourth-order valence-corrected chi connectivity index (χ4v) is 7.14. The van der Waals surface area contributed by atoms with Gasteiger partial charge in [0.2, 0.25) is 11.8 Å². The smallest absolute Gasteiger partial charge is 0.350 e. The van der Waals surface area contributed by atoms with Gasteiger partial charge in [-0.25, -0.2) is 8.42 Å². The molecule has 0 aliphatic rings. The van der Waals surface area contributed by atoms with Crippen molar-refractivity contribution in [3.63, 3.8) is 0 Å². The molecule has 2 amide bonds. The largest absolute Gasteiger partial charge is 0.416 e. The number of carbonyl (C=O) groups is 2. The number of hydrogen-bond donors (Lipinski definition) is 1. The van der Waals surface area contributed by atoms with E-state index in [1.807, 2.05) is 0 Å². The molecule has 0 aromatic heterocycles. The van der Waals surface area contributed by atoms with Gasteiger partial charge in [-0.05, 0) is 74.4 Å². The van der Waals surface area contributed by atoms with E-state index in [0.717, 1.165) is 11.0 Å². The molecule has 0 radical (unpaired) electrons. The van der Waals surface area contributed by atoms with Crippen LogP contribution in [0.25, 0.3) is 0 Å². The summed E-state index contributed by atoms with van der Waals surface area (Å²) in [5.74, 6) is -1.46. The first-order chi connectivity index (χ1) is 22.9. The van der Waals surface area contributed by atoms with Crippen LogP contribution >= 0.6 is 34.8 Å². The predicted molar refractivity (Wildman–Crippen MR) is 186 cm³/mol. The minimum absolute atomic E-state index is 0.00938. The predicted octanol–water partition coefficient (Wildman–Crippen LogP) is 8.42. The number of rotatable bonds is 11. The van der Waals surface area contributed by atoms with Crippen molar-refractivity contribution in [3.8, 4) is 0 Å². The van der Waals surface area contributed by atoms with Gasteiger partial charge < -0.3 is 10.2 Å². The Morgan fingerprint density at radius 1 is 0.816 bits per heavy atom. The van der Waals surface area contributed by atoms with Crippen LogP contribution in [0.1, 0.15) is 37.5 Å². The summed E-state index contributed by atoms with van der Waals surface area (Å²) in [5.41, 5.74) is -1.41. The zero-order valence-corrected chi connectivity index (χ0v) is 29.7. The highest BCUT2D eigenvalue weighted by Gasteiger charge is 2.38. The fraction of sp³-hybridized carbons (Fsp3) is 0.257. The van der Waals surface area contributed by atoms with E-state index >= 15 is 0 Å². The molecule has 0 saturated carbocycles. The van der Waals surface area contributed by atoms with E-state index in [-0.39, 0.29) is 27.9 Å². The molecule has 0 bridgehead atoms. The fourth-order valence-electron chi connectivity index (χ4n) is 4.95. The Kier molecular flexibility index (Phi) is 12.0. The van der Waals surface area contributed by atoms with Gasteiger partial charge in [-0.15, -0.1) is 0 Å². The third kappa shape index (κ3) is 9.91. The Morgan fingerprint density at radius 3 is 2.00 bits per heavy atom. The van der Waals surface area contributed by atoms with Crippen LogP contribution in [0, 0.1) is 0 Å². The lowest BCUT2D eigenvalue weighted by Crippen LogP contribution is -2.56. The average molecular weight is 755 g/mol. The van der Waals surface area contributed by atoms with Gasteiger partial charge in [0, 0.05) is 28.5 Å². The third-order valence-corrected chi connectivity index (χ3v) is 9.96. The van der Waals surface area contributed by atoms with Crippen LogP contribution in [0.3, 0.4) is 0 Å². The van der Waals surface area contributed by atoms with E-state index in [1.54, 1.807) is 69.3 Å². The van der Waals surface area contributed by atoms with Crippen molar-refractivity contribution >= 4 is 62.3 Å². The van der Waals surface area contributed by atoms with Gasteiger partial charge in [-0.1, -0.05) is 89.4 Å². The topological polar surface area (TPSA) is 86.8 Å². The molecule has 49 heavy (non-hydrogen) atoms. The monoisotopic (exact) mass is 753 g/mol. The number of sulfonamides is 1. The summed E-state index contributed by atoms with van der Waals surface area (Å²) in [6.45, 7) is 3.99. The molecule has 14 heteroatoms. The molecule has 0 aliphatic carbocycles. The SMILES string of the molecule is CC(C)(C)NC(=O)C(Cc1ccccc1)N(Cc1ccc(Cl)cc1Cl)C(=O)CN(c1cc(C(F)(F)F)ccc1Cl)S(=O)(=O)c1ccccc1. The highest BCUT2D eigenvalue weighted by atomic mass is 35.5. The molecule has 1 unspecified atom stereocenters. The number of amides is 2. The molecular formula is C35H33Cl3F3N3O4S. The van der Waals surface area contributed by atoms with Crippen LogP contribution in [0.2, 0.25) is 15.1 Å². The number of nitrogens with one attached hydrogen (secondary N) is 1. The zero-order chi connectivity index (χ0) is 36.1. The molecule has 4 rings (SSSR count). The van der Waals surface area contributed by atoms with Gasteiger partial charge >= 0.3 is 6.18 Å². The standard InChI is InChI=1S/C35H33Cl3F3N3O4S/c1-34(2,3)42-33(46)31(18-23-10-6-4-7-11-23)43(21-24-14-16-26(36)20-29(24)38)32(45)22-44(49(47,48)27-12-8-5-9-13-27)30-19-25(35(39,40)41)15-17-28(30)37/h4-17,19-20,31H,18,21-22H2,1-3H3,(H,42,46). The first-order valence-corrected chi connectivity index (χ1v) is 17.5. The summed E-state index contributed by atoms with van der Waals surface area (Å²) >= 11 is 19.0. The summed E-state index contributed by atoms with van der Waals surface area (Å²) in [4.78, 5) is 29.4. The summed E-state index contributed by atoms with van der Waals surface area (Å²) < 4.78 is 70.4. The molecule has 1 N–H and O–H groups in total. The Balaban J connectivity index is 1.90. The van der Waals surface area contributed by atoms with Crippen LogP contribution in [0.15, 0.2) is 102 Å². The number of alkyl halides is 3. The van der Waals surface area contributed by atoms with Crippen LogP contribution in [0.5, 0.6) is 0 Å². The van der Waals surface area contributed by atoms with E-state index in [0.29, 0.717) is 32.6 Å². The second-order valence-electron chi connectivity index (χ2n) is 12.2. The first kappa shape index (κ1) is 38.0. The lowest BCUT2D eigenvalue weighted by molar-refractivity contribution is -0.140. The molecule has 0 saturated heterocycles. The lowest BCUT2D eigenvalue weighted by Gasteiger charge is -2.35. The van der Waals surface area contributed by atoms with Crippen LogP contribution in [-0.2, 0) is 38.8 Å². The van der Waals surface area contributed by atoms with Gasteiger partial charge in [0.15, 0.2) is 0 Å². The van der Waals surface area contributed by atoms with Gasteiger partial charge in [-0.3, -0.25) is 13.9 Å². The van der Waals surface area contributed by atoms with Crippen molar-refractivity contribution in [2.75, 3.05) is 10.8 Å². The zero-order valence-electron chi connectivity index (χ0n) is 26.6. The van der Waals surface area contributed by atoms with E-state index < -0.39 is 57.4 Å². The maximum Gasteiger partial charge on any atom is 0.416 e. The van der Waals surface area contributed by atoms with Crippen molar-refractivity contribution in [2.45, 2.75) is 56.4 Å². The second-order valence-corrected chi connectivity index (χ2v) is 15.3. The summed E-state index contributed by atoms with van der Waals surface area (Å²) in [6.07, 6.45) is -4.84. The number of anilines is 1. The Hall–Kier alpha value is -3.77. The first-order valence-electron chi connectivity index (χ1n) is 14.9. The highest BCUT2D eigenvalue weighted by molar-refractivity contribution is 7.92. The van der Waals surface area contributed by atoms with E-state index in [2.05, 4.69) is 5.32 Å². The lowest BCUT2D eigenvalue weighted by atomic mass is 10.0. The van der Waals surface area contributed by atoms with Gasteiger partial charge in [0.05, 0.1) is 21.2 Å². The maximum atomic E-state index is 14.6. The van der Waals surface area contributed by atoms with Crippen molar-refractivity contribution in [1.82, 2.24) is 10.2 Å². The minimum atomic E-state index is -4.85. The summed E-state index contributed by atoms with van der Waals surface area (Å²) in [5, 5.41) is 3.04. The van der Waals surface area contributed by atoms with Crippen LogP contribution in [0.4, 0.5) is 18.9 Å². The normalized spacial score (nSPS) is 12.7. The minimum Gasteiger partial charge on any atom is -0.350 e. The molecular weight excluding hydrogens is 722 g/mol. The Bertz CT molecular complexity index is 1910. The summed E-state index contributed by atoms with van der Waals surface area (Å²) in [7, 11) is -4.70. The molecule has 0 aliphatic heterocycles. The van der Waals surface area contributed by atoms with Crippen LogP contribution in [-0.4, -0.2) is 43.3 Å². The number of hydrogen-bond acceptors (Lipinski definition) is 4. The quantitative estimate of drug-likeness (QED) is 0.167. The molecule has 7 nitrogen and oxygen atoms in total. The second kappa shape index (κ2) is 15.4. The molecule has 260 valence electrons. The van der Waals surface area contributed by atoms with Crippen molar-refractivity contribution in [2.24, 2.45) is 0 Å². The highest BCUT2D eigenvalue weighted by Crippen LogP contribution is 2.37. The number of nitrogens with zero attached hydrogens (tertiary/aromatic N) is 2. The Morgan fingerprint density at radius 2 is 1.43 bits per heavy atom. The van der Waals surface area contributed by atoms with Crippen molar-refractivity contribution < 1.29 is 31.2 Å². The van der Waals surface area contributed by atoms with Gasteiger partial charge in [0.1, 0.15) is 12.6 Å². The number of benzene rings is 4. The van der Waals surface area contributed by atoms with Crippen LogP contribution < -0.4 is 9.62 Å². The molecule has 0 fully saturated rings. The average Bonchev–Trinajstić information content (AvgIpc) is 3.02. The van der Waals surface area contributed by atoms with E-state index in [1.165, 1.54) is 30.3 Å². The maximum absolute atomic E-state index is 14.6. The summed E-state index contributed by atoms with van der Waals surface area (Å²) in [6, 6.07) is 21.3. The number of halogens is 6. The molecule has 1 atom stereocenters. The van der Waals surface area contributed by atoms with Gasteiger partial charge in [-0.2, -0.15) is 13.2 Å². The van der Waals surface area contributed by atoms with Gasteiger partial charge in [0.25, 0.3) is 10.0 Å². The van der Waals surface area contributed by atoms with Crippen molar-refractivity contribution in [3.05, 3.63) is 129 Å². The third-order valence-electron chi connectivity index (χ3n) is 7.28. The molecule has 0 heterocycles. The molecule has 4 aromatic carbocycles. The van der Waals surface area contributed by atoms with Crippen molar-refractivity contribution in [1.29, 1.82) is 0 Å². The Labute approximate surface area is 298 Å². The molecule has 4 aromatic rings. The van der Waals surface area contributed by atoms with E-state index in [4.69, 9.17) is 34.8 Å². The number of carbonyl (C=O) groups excluding carboxylic acids is 2. The van der Waals surface area contributed by atoms with E-state index in [9.17, 15) is 31.2 Å².